The molecule has 0 fully saturated rings. The molecule has 1 atom stereocenters. The highest BCUT2D eigenvalue weighted by atomic mass is 16.5. The van der Waals surface area contributed by atoms with E-state index in [1.807, 2.05) is 0 Å². The lowest BCUT2D eigenvalue weighted by molar-refractivity contribution is 0.152. The van der Waals surface area contributed by atoms with Crippen LogP contribution in [0.5, 0.6) is 0 Å². The molecule has 0 aliphatic carbocycles. The summed E-state index contributed by atoms with van der Waals surface area (Å²) in [6, 6.07) is 0. The molecule has 0 radical (unpaired) electrons. The van der Waals surface area contributed by atoms with Gasteiger partial charge in [-0.1, -0.05) is 5.16 Å². The summed E-state index contributed by atoms with van der Waals surface area (Å²) >= 11 is 0. The molecule has 6 nitrogen and oxygen atoms in total. The Morgan fingerprint density at radius 3 is 2.86 bits per heavy atom. The summed E-state index contributed by atoms with van der Waals surface area (Å²) in [6.07, 6.45) is 3.84. The maximum Gasteiger partial charge on any atom is 0.255 e. The van der Waals surface area contributed by atoms with E-state index in [2.05, 4.69) is 20.1 Å². The van der Waals surface area contributed by atoms with Crippen molar-refractivity contribution in [3.05, 3.63) is 24.5 Å². The smallest absolute Gasteiger partial charge is 0.255 e. The van der Waals surface area contributed by atoms with Gasteiger partial charge in [-0.15, -0.1) is 0 Å². The second-order valence-electron chi connectivity index (χ2n) is 2.72. The van der Waals surface area contributed by atoms with Crippen LogP contribution >= 0.6 is 0 Å². The van der Waals surface area contributed by atoms with Gasteiger partial charge in [0.05, 0.1) is 6.20 Å². The average Bonchev–Trinajstić information content (AvgIpc) is 2.68. The predicted octanol–water partition coefficient (Wildman–Crippen LogP) is 0.580. The van der Waals surface area contributed by atoms with Crippen molar-refractivity contribution in [2.24, 2.45) is 0 Å². The van der Waals surface area contributed by atoms with E-state index in [0.717, 1.165) is 0 Å². The van der Waals surface area contributed by atoms with Gasteiger partial charge in [-0.25, -0.2) is 4.98 Å². The summed E-state index contributed by atoms with van der Waals surface area (Å²) in [5.41, 5.74) is 0.517. The number of hydrogen-bond donors (Lipinski definition) is 1. The molecule has 0 aliphatic rings. The molecule has 2 rings (SSSR count). The molecule has 0 aliphatic heterocycles. The van der Waals surface area contributed by atoms with Gasteiger partial charge in [0.1, 0.15) is 11.8 Å². The van der Waals surface area contributed by atoms with Crippen LogP contribution in [0, 0.1) is 0 Å². The van der Waals surface area contributed by atoms with Crippen LogP contribution in [0.1, 0.15) is 18.9 Å². The zero-order valence-corrected chi connectivity index (χ0v) is 7.45. The molecule has 2 heterocycles. The molecule has 1 N–H and O–H groups in total. The Balaban J connectivity index is 2.34. The fraction of sp³-hybridized carbons (Fsp3) is 0.250. The molecule has 0 bridgehead atoms. The van der Waals surface area contributed by atoms with Crippen LogP contribution < -0.4 is 0 Å². The number of aliphatic hydroxyl groups is 1. The van der Waals surface area contributed by atoms with Gasteiger partial charge < -0.3 is 9.63 Å². The first-order chi connectivity index (χ1) is 6.77. The summed E-state index contributed by atoms with van der Waals surface area (Å²) in [4.78, 5) is 11.8. The maximum atomic E-state index is 9.15. The summed E-state index contributed by atoms with van der Waals surface area (Å²) in [5.74, 6) is 0.500. The summed E-state index contributed by atoms with van der Waals surface area (Å²) < 4.78 is 4.80. The van der Waals surface area contributed by atoms with E-state index in [0.29, 0.717) is 11.5 Å². The van der Waals surface area contributed by atoms with Crippen LogP contribution in [0.3, 0.4) is 0 Å². The highest BCUT2D eigenvalue weighted by molar-refractivity contribution is 5.45. The largest absolute Gasteiger partial charge is 0.384 e. The van der Waals surface area contributed by atoms with Gasteiger partial charge in [0.2, 0.25) is 5.82 Å². The standard InChI is InChI=1S/C8H8N4O2/c1-5(13)8-11-7(12-14-8)6-4-9-2-3-10-6/h2-5,13H,1H3/t5-/m0/s1. The first-order valence-electron chi connectivity index (χ1n) is 4.05. The second-order valence-corrected chi connectivity index (χ2v) is 2.72. The summed E-state index contributed by atoms with van der Waals surface area (Å²) in [6.45, 7) is 1.55. The Bertz CT molecular complexity index is 412. The van der Waals surface area contributed by atoms with E-state index >= 15 is 0 Å². The summed E-state index contributed by atoms with van der Waals surface area (Å²) in [5, 5.41) is 12.8. The van der Waals surface area contributed by atoms with Crippen molar-refractivity contribution >= 4 is 0 Å². The number of rotatable bonds is 2. The molecule has 0 saturated carbocycles. The third-order valence-electron chi connectivity index (χ3n) is 1.59. The Morgan fingerprint density at radius 2 is 2.29 bits per heavy atom. The third kappa shape index (κ3) is 1.60. The number of nitrogens with zero attached hydrogens (tertiary/aromatic N) is 4. The molecule has 6 heteroatoms. The molecule has 0 spiro atoms. The molecule has 0 saturated heterocycles. The molecule has 0 amide bonds. The molecular formula is C8H8N4O2. The first kappa shape index (κ1) is 8.76. The van der Waals surface area contributed by atoms with Crippen LogP contribution in [0.15, 0.2) is 23.1 Å². The van der Waals surface area contributed by atoms with Crippen molar-refractivity contribution in [1.82, 2.24) is 20.1 Å². The lowest BCUT2D eigenvalue weighted by Crippen LogP contribution is -1.91. The quantitative estimate of drug-likeness (QED) is 0.749. The van der Waals surface area contributed by atoms with Crippen molar-refractivity contribution in [2.75, 3.05) is 0 Å². The Labute approximate surface area is 79.6 Å². The minimum absolute atomic E-state index is 0.172. The third-order valence-corrected chi connectivity index (χ3v) is 1.59. The Kier molecular flexibility index (Phi) is 2.19. The number of aliphatic hydroxyl groups excluding tert-OH is 1. The van der Waals surface area contributed by atoms with Crippen LogP contribution in [0.25, 0.3) is 11.5 Å². The van der Waals surface area contributed by atoms with Crippen molar-refractivity contribution in [1.29, 1.82) is 0 Å². The molecule has 0 aromatic carbocycles. The topological polar surface area (TPSA) is 84.9 Å². The normalized spacial score (nSPS) is 12.7. The SMILES string of the molecule is C[C@H](O)c1nc(-c2cnccn2)no1. The molecular weight excluding hydrogens is 184 g/mol. The van der Waals surface area contributed by atoms with E-state index in [1.54, 1.807) is 13.1 Å². The Hall–Kier alpha value is -1.82. The first-order valence-corrected chi connectivity index (χ1v) is 4.05. The monoisotopic (exact) mass is 192 g/mol. The van der Waals surface area contributed by atoms with Gasteiger partial charge >= 0.3 is 0 Å². The van der Waals surface area contributed by atoms with Crippen LogP contribution in [-0.2, 0) is 0 Å². The second kappa shape index (κ2) is 3.51. The highest BCUT2D eigenvalue weighted by Gasteiger charge is 2.12. The van der Waals surface area contributed by atoms with Gasteiger partial charge in [-0.2, -0.15) is 4.98 Å². The lowest BCUT2D eigenvalue weighted by Gasteiger charge is -1.92. The van der Waals surface area contributed by atoms with E-state index in [1.165, 1.54) is 12.4 Å². The van der Waals surface area contributed by atoms with Gasteiger partial charge in [0.15, 0.2) is 0 Å². The van der Waals surface area contributed by atoms with Crippen molar-refractivity contribution in [2.45, 2.75) is 13.0 Å². The average molecular weight is 192 g/mol. The van der Waals surface area contributed by atoms with Crippen molar-refractivity contribution in [3.63, 3.8) is 0 Å². The van der Waals surface area contributed by atoms with Gasteiger partial charge in [0.25, 0.3) is 5.89 Å². The molecule has 0 unspecified atom stereocenters. The molecule has 14 heavy (non-hydrogen) atoms. The van der Waals surface area contributed by atoms with Crippen LogP contribution in [0.4, 0.5) is 0 Å². The van der Waals surface area contributed by atoms with E-state index in [9.17, 15) is 0 Å². The van der Waals surface area contributed by atoms with E-state index in [-0.39, 0.29) is 5.89 Å². The van der Waals surface area contributed by atoms with Crippen LogP contribution in [-0.4, -0.2) is 25.2 Å². The van der Waals surface area contributed by atoms with Gasteiger partial charge in [-0.3, -0.25) is 4.98 Å². The molecule has 2 aromatic rings. The van der Waals surface area contributed by atoms with E-state index in [4.69, 9.17) is 9.63 Å². The van der Waals surface area contributed by atoms with E-state index < -0.39 is 6.10 Å². The maximum absolute atomic E-state index is 9.15. The minimum Gasteiger partial charge on any atom is -0.384 e. The van der Waals surface area contributed by atoms with Crippen molar-refractivity contribution < 1.29 is 9.63 Å². The molecule has 2 aromatic heterocycles. The fourth-order valence-electron chi connectivity index (χ4n) is 0.923. The highest BCUT2D eigenvalue weighted by Crippen LogP contribution is 2.14. The lowest BCUT2D eigenvalue weighted by atomic mass is 10.4. The number of aromatic nitrogens is 4. The number of hydrogen-bond acceptors (Lipinski definition) is 6. The predicted molar refractivity (Wildman–Crippen MR) is 46.0 cm³/mol. The van der Waals surface area contributed by atoms with Crippen molar-refractivity contribution in [3.8, 4) is 11.5 Å². The van der Waals surface area contributed by atoms with Gasteiger partial charge in [0, 0.05) is 12.4 Å². The van der Waals surface area contributed by atoms with Gasteiger partial charge in [-0.05, 0) is 6.92 Å². The fourth-order valence-corrected chi connectivity index (χ4v) is 0.923. The minimum atomic E-state index is -0.770. The zero-order valence-electron chi connectivity index (χ0n) is 7.45. The van der Waals surface area contributed by atoms with Crippen LogP contribution in [0.2, 0.25) is 0 Å². The summed E-state index contributed by atoms with van der Waals surface area (Å²) in [7, 11) is 0. The molecule has 72 valence electrons. The zero-order chi connectivity index (χ0) is 9.97. The Morgan fingerprint density at radius 1 is 1.43 bits per heavy atom.